The molecule has 2 rings (SSSR count). The van der Waals surface area contributed by atoms with E-state index in [-0.39, 0.29) is 11.9 Å². The van der Waals surface area contributed by atoms with Crippen LogP contribution in [0.25, 0.3) is 0 Å². The molecule has 4 heteroatoms. The molecule has 1 aromatic rings. The molecule has 1 aromatic carbocycles. The molecule has 1 heterocycles. The van der Waals surface area contributed by atoms with E-state index in [2.05, 4.69) is 34.7 Å². The van der Waals surface area contributed by atoms with Gasteiger partial charge in [0.1, 0.15) is 6.10 Å². The maximum atomic E-state index is 12.3. The third-order valence-electron chi connectivity index (χ3n) is 3.48. The predicted octanol–water partition coefficient (Wildman–Crippen LogP) is 2.67. The van der Waals surface area contributed by atoms with E-state index in [0.29, 0.717) is 25.6 Å². The van der Waals surface area contributed by atoms with Gasteiger partial charge in [-0.1, -0.05) is 28.1 Å². The number of ether oxygens (including phenoxy) is 1. The van der Waals surface area contributed by atoms with Crippen LogP contribution in [-0.2, 0) is 16.0 Å². The van der Waals surface area contributed by atoms with Crippen molar-refractivity contribution < 1.29 is 9.53 Å². The molecule has 0 spiro atoms. The first kappa shape index (κ1) is 14.7. The summed E-state index contributed by atoms with van der Waals surface area (Å²) in [5.41, 5.74) is 1.04. The smallest absolute Gasteiger partial charge is 0.167 e. The lowest BCUT2D eigenvalue weighted by molar-refractivity contribution is -0.136. The zero-order chi connectivity index (χ0) is 13.8. The fourth-order valence-electron chi connectivity index (χ4n) is 2.25. The summed E-state index contributed by atoms with van der Waals surface area (Å²) in [6, 6.07) is 8.35. The van der Waals surface area contributed by atoms with Crippen molar-refractivity contribution in [3.05, 3.63) is 34.3 Å². The SMILES string of the molecule is CC(C)N1CCOC(C(=O)Cc2ccc(Br)cc2)C1. The quantitative estimate of drug-likeness (QED) is 0.852. The van der Waals surface area contributed by atoms with E-state index < -0.39 is 0 Å². The third-order valence-corrected chi connectivity index (χ3v) is 4.01. The van der Waals surface area contributed by atoms with Crippen molar-refractivity contribution in [3.8, 4) is 0 Å². The molecule has 0 radical (unpaired) electrons. The van der Waals surface area contributed by atoms with Crippen molar-refractivity contribution in [2.75, 3.05) is 19.7 Å². The maximum absolute atomic E-state index is 12.3. The molecule has 104 valence electrons. The van der Waals surface area contributed by atoms with Crippen LogP contribution in [-0.4, -0.2) is 42.5 Å². The Kier molecular flexibility index (Phi) is 5.13. The lowest BCUT2D eigenvalue weighted by atomic mass is 10.0. The molecule has 0 saturated carbocycles. The number of morpholine rings is 1. The monoisotopic (exact) mass is 325 g/mol. The van der Waals surface area contributed by atoms with Gasteiger partial charge in [0.25, 0.3) is 0 Å². The average molecular weight is 326 g/mol. The number of ketones is 1. The maximum Gasteiger partial charge on any atom is 0.167 e. The number of Topliss-reactive ketones (excluding diaryl/α,β-unsaturated/α-hetero) is 1. The Morgan fingerprint density at radius 2 is 2.11 bits per heavy atom. The summed E-state index contributed by atoms with van der Waals surface area (Å²) >= 11 is 3.40. The lowest BCUT2D eigenvalue weighted by Gasteiger charge is -2.34. The number of hydrogen-bond acceptors (Lipinski definition) is 3. The number of halogens is 1. The summed E-state index contributed by atoms with van der Waals surface area (Å²) in [5, 5.41) is 0. The average Bonchev–Trinajstić information content (AvgIpc) is 2.41. The number of rotatable bonds is 4. The summed E-state index contributed by atoms with van der Waals surface area (Å²) in [6.07, 6.45) is 0.170. The summed E-state index contributed by atoms with van der Waals surface area (Å²) in [5.74, 6) is 0.174. The highest BCUT2D eigenvalue weighted by molar-refractivity contribution is 9.10. The Morgan fingerprint density at radius 3 is 2.74 bits per heavy atom. The number of benzene rings is 1. The number of carbonyl (C=O) groups is 1. The van der Waals surface area contributed by atoms with Gasteiger partial charge in [-0.15, -0.1) is 0 Å². The highest BCUT2D eigenvalue weighted by atomic mass is 79.9. The van der Waals surface area contributed by atoms with Crippen LogP contribution >= 0.6 is 15.9 Å². The highest BCUT2D eigenvalue weighted by Crippen LogP contribution is 2.14. The topological polar surface area (TPSA) is 29.5 Å². The zero-order valence-electron chi connectivity index (χ0n) is 11.4. The van der Waals surface area contributed by atoms with Crippen molar-refractivity contribution in [1.82, 2.24) is 4.90 Å². The van der Waals surface area contributed by atoms with Gasteiger partial charge in [-0.25, -0.2) is 0 Å². The Hall–Kier alpha value is -0.710. The van der Waals surface area contributed by atoms with Gasteiger partial charge in [0, 0.05) is 30.0 Å². The van der Waals surface area contributed by atoms with Gasteiger partial charge in [0.2, 0.25) is 0 Å². The van der Waals surface area contributed by atoms with E-state index in [0.717, 1.165) is 16.6 Å². The molecule has 19 heavy (non-hydrogen) atoms. The molecule has 1 atom stereocenters. The Balaban J connectivity index is 1.94. The van der Waals surface area contributed by atoms with Gasteiger partial charge in [-0.2, -0.15) is 0 Å². The summed E-state index contributed by atoms with van der Waals surface area (Å²) < 4.78 is 6.65. The van der Waals surface area contributed by atoms with Crippen LogP contribution in [0.15, 0.2) is 28.7 Å². The standard InChI is InChI=1S/C15H20BrNO2/c1-11(2)17-7-8-19-15(10-17)14(18)9-12-3-5-13(16)6-4-12/h3-6,11,15H,7-10H2,1-2H3. The molecule has 0 aromatic heterocycles. The Morgan fingerprint density at radius 1 is 1.42 bits per heavy atom. The van der Waals surface area contributed by atoms with E-state index in [1.165, 1.54) is 0 Å². The van der Waals surface area contributed by atoms with Gasteiger partial charge in [-0.05, 0) is 31.5 Å². The number of nitrogens with zero attached hydrogens (tertiary/aromatic N) is 1. The second kappa shape index (κ2) is 6.64. The first-order valence-corrected chi connectivity index (χ1v) is 7.48. The van der Waals surface area contributed by atoms with Crippen LogP contribution in [0.4, 0.5) is 0 Å². The van der Waals surface area contributed by atoms with E-state index in [4.69, 9.17) is 4.74 Å². The van der Waals surface area contributed by atoms with E-state index >= 15 is 0 Å². The molecule has 0 bridgehead atoms. The molecule has 0 aliphatic carbocycles. The minimum absolute atomic E-state index is 0.174. The molecule has 1 aliphatic rings. The van der Waals surface area contributed by atoms with Crippen molar-refractivity contribution in [3.63, 3.8) is 0 Å². The Bertz CT molecular complexity index is 430. The molecule has 1 saturated heterocycles. The van der Waals surface area contributed by atoms with E-state index in [1.54, 1.807) is 0 Å². The molecule has 1 fully saturated rings. The van der Waals surface area contributed by atoms with E-state index in [9.17, 15) is 4.79 Å². The van der Waals surface area contributed by atoms with Crippen LogP contribution in [0.5, 0.6) is 0 Å². The molecule has 1 unspecified atom stereocenters. The minimum Gasteiger partial charge on any atom is -0.368 e. The summed E-state index contributed by atoms with van der Waals surface area (Å²) in [4.78, 5) is 14.6. The van der Waals surface area contributed by atoms with Gasteiger partial charge in [-0.3, -0.25) is 9.69 Å². The molecule has 0 N–H and O–H groups in total. The lowest BCUT2D eigenvalue weighted by Crippen LogP contribution is -2.49. The third kappa shape index (κ3) is 4.13. The number of hydrogen-bond donors (Lipinski definition) is 0. The number of carbonyl (C=O) groups excluding carboxylic acids is 1. The second-order valence-corrected chi connectivity index (χ2v) is 6.13. The summed E-state index contributed by atoms with van der Waals surface area (Å²) in [6.45, 7) is 6.59. The fraction of sp³-hybridized carbons (Fsp3) is 0.533. The first-order chi connectivity index (χ1) is 9.06. The van der Waals surface area contributed by atoms with Crippen LogP contribution < -0.4 is 0 Å². The first-order valence-electron chi connectivity index (χ1n) is 6.69. The van der Waals surface area contributed by atoms with Gasteiger partial charge in [0.05, 0.1) is 6.61 Å². The van der Waals surface area contributed by atoms with Crippen LogP contribution in [0.3, 0.4) is 0 Å². The predicted molar refractivity (Wildman–Crippen MR) is 79.3 cm³/mol. The van der Waals surface area contributed by atoms with Crippen LogP contribution in [0, 0.1) is 0 Å². The zero-order valence-corrected chi connectivity index (χ0v) is 13.0. The van der Waals surface area contributed by atoms with Crippen LogP contribution in [0.1, 0.15) is 19.4 Å². The molecule has 1 aliphatic heterocycles. The second-order valence-electron chi connectivity index (χ2n) is 5.22. The molecular weight excluding hydrogens is 306 g/mol. The fourth-order valence-corrected chi connectivity index (χ4v) is 2.51. The van der Waals surface area contributed by atoms with Gasteiger partial charge >= 0.3 is 0 Å². The van der Waals surface area contributed by atoms with Crippen LogP contribution in [0.2, 0.25) is 0 Å². The van der Waals surface area contributed by atoms with Gasteiger partial charge < -0.3 is 4.74 Å². The minimum atomic E-state index is -0.278. The van der Waals surface area contributed by atoms with Crippen molar-refractivity contribution in [2.45, 2.75) is 32.4 Å². The van der Waals surface area contributed by atoms with Crippen molar-refractivity contribution >= 4 is 21.7 Å². The van der Waals surface area contributed by atoms with Gasteiger partial charge in [0.15, 0.2) is 5.78 Å². The normalized spacial score (nSPS) is 20.7. The highest BCUT2D eigenvalue weighted by Gasteiger charge is 2.27. The van der Waals surface area contributed by atoms with Crippen molar-refractivity contribution in [1.29, 1.82) is 0 Å². The van der Waals surface area contributed by atoms with E-state index in [1.807, 2.05) is 24.3 Å². The molecular formula is C15H20BrNO2. The largest absolute Gasteiger partial charge is 0.368 e. The molecule has 0 amide bonds. The molecule has 3 nitrogen and oxygen atoms in total. The van der Waals surface area contributed by atoms with Crippen molar-refractivity contribution in [2.24, 2.45) is 0 Å². The summed E-state index contributed by atoms with van der Waals surface area (Å²) in [7, 11) is 0. The Labute approximate surface area is 123 Å².